The summed E-state index contributed by atoms with van der Waals surface area (Å²) in [7, 11) is -3.53. The van der Waals surface area contributed by atoms with Gasteiger partial charge in [-0.25, -0.2) is 12.8 Å². The minimum absolute atomic E-state index is 0.00335. The number of halogens is 1. The van der Waals surface area contributed by atoms with E-state index in [0.29, 0.717) is 12.8 Å². The van der Waals surface area contributed by atoms with E-state index in [4.69, 9.17) is 0 Å². The summed E-state index contributed by atoms with van der Waals surface area (Å²) in [6, 6.07) is 9.21. The molecule has 1 aromatic carbocycles. The van der Waals surface area contributed by atoms with Crippen molar-refractivity contribution in [2.45, 2.75) is 17.1 Å². The Bertz CT molecular complexity index is 1220. The van der Waals surface area contributed by atoms with Gasteiger partial charge in [0.15, 0.2) is 0 Å². The van der Waals surface area contributed by atoms with Crippen molar-refractivity contribution in [1.82, 2.24) is 14.5 Å². The van der Waals surface area contributed by atoms with E-state index in [0.717, 1.165) is 28.0 Å². The van der Waals surface area contributed by atoms with Crippen LogP contribution >= 0.6 is 23.1 Å². The molecule has 4 rings (SSSR count). The number of sulfonamides is 1. The van der Waals surface area contributed by atoms with Crippen molar-refractivity contribution in [2.24, 2.45) is 5.92 Å². The molecule has 1 N–H and O–H groups in total. The molecule has 2 aromatic rings. The molecule has 0 atom stereocenters. The predicted molar refractivity (Wildman–Crippen MR) is 128 cm³/mol. The maximum Gasteiger partial charge on any atom is 0.293 e. The van der Waals surface area contributed by atoms with Crippen molar-refractivity contribution < 1.29 is 27.2 Å². The first-order chi connectivity index (χ1) is 16.3. The van der Waals surface area contributed by atoms with Gasteiger partial charge in [0.25, 0.3) is 21.2 Å². The van der Waals surface area contributed by atoms with Gasteiger partial charge in [0.1, 0.15) is 10.0 Å². The Labute approximate surface area is 204 Å². The molecular formula is C22H22FN3O5S3. The van der Waals surface area contributed by atoms with Gasteiger partial charge in [-0.15, -0.1) is 11.3 Å². The Morgan fingerprint density at radius 1 is 1.15 bits per heavy atom. The molecule has 0 aliphatic carbocycles. The fourth-order valence-corrected chi connectivity index (χ4v) is 7.23. The lowest BCUT2D eigenvalue weighted by atomic mass is 9.97. The van der Waals surface area contributed by atoms with Crippen LogP contribution < -0.4 is 5.32 Å². The lowest BCUT2D eigenvalue weighted by Crippen LogP contribution is -2.44. The molecule has 0 bridgehead atoms. The van der Waals surface area contributed by atoms with Crippen LogP contribution in [0.2, 0.25) is 0 Å². The molecule has 2 aliphatic rings. The number of nitrogens with one attached hydrogen (secondary N) is 1. The third-order valence-corrected chi connectivity index (χ3v) is 9.79. The van der Waals surface area contributed by atoms with E-state index in [1.807, 2.05) is 0 Å². The molecule has 34 heavy (non-hydrogen) atoms. The molecule has 2 aliphatic heterocycles. The summed E-state index contributed by atoms with van der Waals surface area (Å²) in [6.07, 6.45) is 2.13. The zero-order chi connectivity index (χ0) is 24.3. The first kappa shape index (κ1) is 24.6. The second-order valence-electron chi connectivity index (χ2n) is 7.76. The van der Waals surface area contributed by atoms with Crippen LogP contribution in [-0.4, -0.2) is 60.9 Å². The number of nitrogens with zero attached hydrogens (tertiary/aromatic N) is 2. The molecule has 0 spiro atoms. The molecule has 12 heteroatoms. The topological polar surface area (TPSA) is 104 Å². The van der Waals surface area contributed by atoms with Gasteiger partial charge in [0, 0.05) is 37.7 Å². The summed E-state index contributed by atoms with van der Waals surface area (Å²) in [5.74, 6) is -1.59. The van der Waals surface area contributed by atoms with Gasteiger partial charge in [-0.2, -0.15) is 4.31 Å². The zero-order valence-electron chi connectivity index (χ0n) is 18.0. The Morgan fingerprint density at radius 2 is 1.88 bits per heavy atom. The van der Waals surface area contributed by atoms with E-state index >= 15 is 0 Å². The van der Waals surface area contributed by atoms with Crippen LogP contribution in [0.25, 0.3) is 6.08 Å². The molecule has 2 fully saturated rings. The highest BCUT2D eigenvalue weighted by molar-refractivity contribution is 8.18. The first-order valence-corrected chi connectivity index (χ1v) is 13.7. The van der Waals surface area contributed by atoms with E-state index in [-0.39, 0.29) is 52.7 Å². The second-order valence-corrected chi connectivity index (χ2v) is 11.9. The maximum atomic E-state index is 13.8. The minimum Gasteiger partial charge on any atom is -0.354 e. The van der Waals surface area contributed by atoms with Gasteiger partial charge in [-0.1, -0.05) is 24.3 Å². The zero-order valence-corrected chi connectivity index (χ0v) is 20.4. The average Bonchev–Trinajstić information content (AvgIpc) is 3.46. The van der Waals surface area contributed by atoms with Crippen molar-refractivity contribution >= 4 is 56.3 Å². The van der Waals surface area contributed by atoms with Crippen LogP contribution in [0.15, 0.2) is 50.9 Å². The fourth-order valence-electron chi connectivity index (χ4n) is 3.76. The standard InChI is InChI=1S/C22H22FN3O5S3/c23-17-5-2-1-4-16(17)14-18-21(28)26(22(29)33-18)12-9-24-20(27)15-7-10-25(11-8-15)34(30,31)19-6-3-13-32-19/h1-6,13-15H,7-12H2,(H,24,27)/b18-14+. The molecule has 0 radical (unpaired) electrons. The summed E-state index contributed by atoms with van der Waals surface area (Å²) in [6.45, 7) is 0.582. The largest absolute Gasteiger partial charge is 0.354 e. The molecule has 2 saturated heterocycles. The van der Waals surface area contributed by atoms with Crippen molar-refractivity contribution in [3.8, 4) is 0 Å². The number of benzene rings is 1. The molecule has 180 valence electrons. The van der Waals surface area contributed by atoms with Gasteiger partial charge < -0.3 is 5.32 Å². The van der Waals surface area contributed by atoms with Crippen LogP contribution in [0.5, 0.6) is 0 Å². The van der Waals surface area contributed by atoms with Crippen molar-refractivity contribution in [3.05, 3.63) is 58.1 Å². The van der Waals surface area contributed by atoms with Crippen LogP contribution in [0.1, 0.15) is 18.4 Å². The van der Waals surface area contributed by atoms with E-state index in [2.05, 4.69) is 5.32 Å². The van der Waals surface area contributed by atoms with Gasteiger partial charge in [0.05, 0.1) is 4.91 Å². The van der Waals surface area contributed by atoms with Gasteiger partial charge in [0.2, 0.25) is 5.91 Å². The highest BCUT2D eigenvalue weighted by Crippen LogP contribution is 2.32. The molecule has 3 amide bonds. The van der Waals surface area contributed by atoms with Crippen LogP contribution in [-0.2, 0) is 19.6 Å². The number of hydrogen-bond donors (Lipinski definition) is 1. The van der Waals surface area contributed by atoms with Gasteiger partial charge in [-0.05, 0) is 48.2 Å². The van der Waals surface area contributed by atoms with Crippen LogP contribution in [0.4, 0.5) is 9.18 Å². The summed E-state index contributed by atoms with van der Waals surface area (Å²) < 4.78 is 40.7. The number of hydrogen-bond acceptors (Lipinski definition) is 7. The Morgan fingerprint density at radius 3 is 2.56 bits per heavy atom. The Balaban J connectivity index is 1.26. The smallest absolute Gasteiger partial charge is 0.293 e. The molecule has 0 unspecified atom stereocenters. The summed E-state index contributed by atoms with van der Waals surface area (Å²) in [5, 5.41) is 3.97. The highest BCUT2D eigenvalue weighted by atomic mass is 32.2. The first-order valence-electron chi connectivity index (χ1n) is 10.6. The number of amides is 3. The molecular weight excluding hydrogens is 501 g/mol. The quantitative estimate of drug-likeness (QED) is 0.560. The van der Waals surface area contributed by atoms with Gasteiger partial charge >= 0.3 is 0 Å². The van der Waals surface area contributed by atoms with E-state index in [9.17, 15) is 27.2 Å². The van der Waals surface area contributed by atoms with Crippen molar-refractivity contribution in [1.29, 1.82) is 0 Å². The summed E-state index contributed by atoms with van der Waals surface area (Å²) >= 11 is 1.89. The maximum absolute atomic E-state index is 13.8. The average molecular weight is 524 g/mol. The van der Waals surface area contributed by atoms with Crippen molar-refractivity contribution in [3.63, 3.8) is 0 Å². The third-order valence-electron chi connectivity index (χ3n) is 5.61. The molecule has 8 nitrogen and oxygen atoms in total. The van der Waals surface area contributed by atoms with Crippen molar-refractivity contribution in [2.75, 3.05) is 26.2 Å². The number of thiophene rings is 1. The lowest BCUT2D eigenvalue weighted by Gasteiger charge is -2.30. The molecule has 1 aromatic heterocycles. The minimum atomic E-state index is -3.53. The lowest BCUT2D eigenvalue weighted by molar-refractivity contribution is -0.127. The molecule has 3 heterocycles. The number of carbonyl (C=O) groups is 3. The highest BCUT2D eigenvalue weighted by Gasteiger charge is 2.36. The van der Waals surface area contributed by atoms with Gasteiger partial charge in [-0.3, -0.25) is 19.3 Å². The second kappa shape index (κ2) is 10.4. The predicted octanol–water partition coefficient (Wildman–Crippen LogP) is 3.14. The normalized spacial score (nSPS) is 19.2. The number of imide groups is 1. The Hall–Kier alpha value is -2.54. The number of rotatable bonds is 7. The summed E-state index contributed by atoms with van der Waals surface area (Å²) in [4.78, 5) is 38.5. The number of piperidine rings is 1. The van der Waals surface area contributed by atoms with E-state index in [1.165, 1.54) is 28.6 Å². The number of carbonyl (C=O) groups excluding carboxylic acids is 3. The van der Waals surface area contributed by atoms with Crippen LogP contribution in [0.3, 0.4) is 0 Å². The summed E-state index contributed by atoms with van der Waals surface area (Å²) in [5.41, 5.74) is 0.216. The number of thioether (sulfide) groups is 1. The SMILES string of the molecule is O=C(NCCN1C(=O)S/C(=C/c2ccccc2F)C1=O)C1CCN(S(=O)(=O)c2cccs2)CC1. The third kappa shape index (κ3) is 5.24. The van der Waals surface area contributed by atoms with E-state index in [1.54, 1.807) is 23.6 Å². The monoisotopic (exact) mass is 523 g/mol. The molecule has 0 saturated carbocycles. The fraction of sp³-hybridized carbons (Fsp3) is 0.318. The Kier molecular flexibility index (Phi) is 7.51. The van der Waals surface area contributed by atoms with E-state index < -0.39 is 27.0 Å². The van der Waals surface area contributed by atoms with Crippen LogP contribution in [0, 0.1) is 11.7 Å².